The normalized spacial score (nSPS) is 10.4. The Kier molecular flexibility index (Phi) is 2.22. The highest BCUT2D eigenvalue weighted by Crippen LogP contribution is 2.06. The van der Waals surface area contributed by atoms with Crippen molar-refractivity contribution in [3.63, 3.8) is 0 Å². The van der Waals surface area contributed by atoms with Crippen LogP contribution in [0.15, 0.2) is 24.3 Å². The second kappa shape index (κ2) is 3.53. The van der Waals surface area contributed by atoms with Crippen LogP contribution in [0.25, 0.3) is 0 Å². The first-order chi connectivity index (χ1) is 6.75. The molecule has 5 heteroatoms. The molecule has 0 N–H and O–H groups in total. The average Bonchev–Trinajstić information content (AvgIpc) is 2.56. The van der Waals surface area contributed by atoms with Gasteiger partial charge in [-0.2, -0.15) is 0 Å². The maximum absolute atomic E-state index is 12.6. The molecule has 0 radical (unpaired) electrons. The summed E-state index contributed by atoms with van der Waals surface area (Å²) in [5, 5.41) is 11.1. The summed E-state index contributed by atoms with van der Waals surface area (Å²) >= 11 is 0. The number of hydrogen-bond donors (Lipinski definition) is 0. The van der Waals surface area contributed by atoms with Gasteiger partial charge in [-0.25, -0.2) is 9.07 Å². The Labute approximate surface area is 80.4 Å². The fourth-order valence-electron chi connectivity index (χ4n) is 1.18. The average molecular weight is 192 g/mol. The highest BCUT2D eigenvalue weighted by molar-refractivity contribution is 5.19. The predicted molar refractivity (Wildman–Crippen MR) is 48.0 cm³/mol. The highest BCUT2D eigenvalue weighted by Gasteiger charge is 2.03. The Morgan fingerprint density at radius 2 is 2.00 bits per heavy atom. The lowest BCUT2D eigenvalue weighted by molar-refractivity contribution is 0.626. The number of nitrogens with zero attached hydrogens (tertiary/aromatic N) is 4. The molecule has 0 fully saturated rings. The van der Waals surface area contributed by atoms with Crippen molar-refractivity contribution in [2.24, 2.45) is 7.05 Å². The van der Waals surface area contributed by atoms with Gasteiger partial charge >= 0.3 is 0 Å². The summed E-state index contributed by atoms with van der Waals surface area (Å²) in [4.78, 5) is 0. The van der Waals surface area contributed by atoms with Gasteiger partial charge in [-0.1, -0.05) is 12.1 Å². The van der Waals surface area contributed by atoms with Crippen molar-refractivity contribution in [1.29, 1.82) is 0 Å². The number of halogens is 1. The fourth-order valence-corrected chi connectivity index (χ4v) is 1.18. The Morgan fingerprint density at radius 1 is 1.29 bits per heavy atom. The van der Waals surface area contributed by atoms with E-state index in [4.69, 9.17) is 0 Å². The summed E-state index contributed by atoms with van der Waals surface area (Å²) in [5.74, 6) is 0.529. The van der Waals surface area contributed by atoms with Crippen molar-refractivity contribution in [2.45, 2.75) is 6.42 Å². The van der Waals surface area contributed by atoms with Crippen LogP contribution in [0.2, 0.25) is 0 Å². The van der Waals surface area contributed by atoms with E-state index in [0.29, 0.717) is 6.42 Å². The number of aromatic nitrogens is 4. The Hall–Kier alpha value is -1.78. The minimum atomic E-state index is -0.232. The van der Waals surface area contributed by atoms with Crippen molar-refractivity contribution in [3.8, 4) is 0 Å². The molecule has 2 aromatic rings. The van der Waals surface area contributed by atoms with Crippen LogP contribution in [-0.2, 0) is 13.5 Å². The molecule has 0 amide bonds. The molecule has 1 heterocycles. The van der Waals surface area contributed by atoms with Gasteiger partial charge in [0.1, 0.15) is 5.82 Å². The van der Waals surface area contributed by atoms with Crippen molar-refractivity contribution in [3.05, 3.63) is 41.5 Å². The lowest BCUT2D eigenvalue weighted by Crippen LogP contribution is -2.00. The number of rotatable bonds is 2. The van der Waals surface area contributed by atoms with E-state index in [1.165, 1.54) is 12.1 Å². The van der Waals surface area contributed by atoms with E-state index in [2.05, 4.69) is 15.5 Å². The molecular formula is C9H9FN4. The van der Waals surface area contributed by atoms with E-state index in [0.717, 1.165) is 11.4 Å². The Bertz CT molecular complexity index is 421. The maximum Gasteiger partial charge on any atom is 0.155 e. The van der Waals surface area contributed by atoms with Crippen molar-refractivity contribution < 1.29 is 4.39 Å². The summed E-state index contributed by atoms with van der Waals surface area (Å²) < 4.78 is 14.2. The third-order valence-corrected chi connectivity index (χ3v) is 1.98. The summed E-state index contributed by atoms with van der Waals surface area (Å²) in [6.07, 6.45) is 0.615. The van der Waals surface area contributed by atoms with Crippen LogP contribution in [0.1, 0.15) is 11.4 Å². The van der Waals surface area contributed by atoms with Crippen LogP contribution in [-0.4, -0.2) is 20.2 Å². The SMILES string of the molecule is Cn1nnnc1Cc1ccc(F)cc1. The molecule has 0 aliphatic carbocycles. The molecule has 0 saturated heterocycles. The second-order valence-corrected chi connectivity index (χ2v) is 3.02. The standard InChI is InChI=1S/C9H9FN4/c1-14-9(11-12-13-14)6-7-2-4-8(10)5-3-7/h2-5H,6H2,1H3. The predicted octanol–water partition coefficient (Wildman–Crippen LogP) is 0.940. The first-order valence-electron chi connectivity index (χ1n) is 4.21. The quantitative estimate of drug-likeness (QED) is 0.711. The van der Waals surface area contributed by atoms with Gasteiger partial charge in [0.15, 0.2) is 5.82 Å². The van der Waals surface area contributed by atoms with Crippen LogP contribution in [0.5, 0.6) is 0 Å². The summed E-state index contributed by atoms with van der Waals surface area (Å²) in [5.41, 5.74) is 0.990. The highest BCUT2D eigenvalue weighted by atomic mass is 19.1. The van der Waals surface area contributed by atoms with E-state index < -0.39 is 0 Å². The molecule has 1 aromatic carbocycles. The van der Waals surface area contributed by atoms with Crippen LogP contribution in [0, 0.1) is 5.82 Å². The molecule has 0 bridgehead atoms. The Morgan fingerprint density at radius 3 is 2.57 bits per heavy atom. The monoisotopic (exact) mass is 192 g/mol. The van der Waals surface area contributed by atoms with Gasteiger partial charge in [0.2, 0.25) is 0 Å². The van der Waals surface area contributed by atoms with Crippen LogP contribution in [0.4, 0.5) is 4.39 Å². The molecular weight excluding hydrogens is 183 g/mol. The second-order valence-electron chi connectivity index (χ2n) is 3.02. The third-order valence-electron chi connectivity index (χ3n) is 1.98. The third kappa shape index (κ3) is 1.76. The van der Waals surface area contributed by atoms with Gasteiger partial charge in [0.25, 0.3) is 0 Å². The first-order valence-corrected chi connectivity index (χ1v) is 4.21. The molecule has 1 aromatic heterocycles. The molecule has 2 rings (SSSR count). The molecule has 4 nitrogen and oxygen atoms in total. The van der Waals surface area contributed by atoms with Gasteiger partial charge in [-0.3, -0.25) is 0 Å². The van der Waals surface area contributed by atoms with Crippen LogP contribution in [0.3, 0.4) is 0 Å². The van der Waals surface area contributed by atoms with Crippen molar-refractivity contribution in [2.75, 3.05) is 0 Å². The van der Waals surface area contributed by atoms with E-state index in [-0.39, 0.29) is 5.82 Å². The number of benzene rings is 1. The zero-order valence-electron chi connectivity index (χ0n) is 7.68. The lowest BCUT2D eigenvalue weighted by Gasteiger charge is -1.98. The van der Waals surface area contributed by atoms with Crippen LogP contribution >= 0.6 is 0 Å². The minimum Gasteiger partial charge on any atom is -0.232 e. The Balaban J connectivity index is 2.19. The van der Waals surface area contributed by atoms with E-state index in [9.17, 15) is 4.39 Å². The molecule has 0 spiro atoms. The number of aryl methyl sites for hydroxylation is 1. The topological polar surface area (TPSA) is 43.6 Å². The fraction of sp³-hybridized carbons (Fsp3) is 0.222. The molecule has 14 heavy (non-hydrogen) atoms. The summed E-state index contributed by atoms with van der Waals surface area (Å²) in [6.45, 7) is 0. The van der Waals surface area contributed by atoms with Gasteiger partial charge in [0.05, 0.1) is 0 Å². The van der Waals surface area contributed by atoms with Crippen molar-refractivity contribution >= 4 is 0 Å². The smallest absolute Gasteiger partial charge is 0.155 e. The van der Waals surface area contributed by atoms with E-state index in [1.807, 2.05) is 0 Å². The minimum absolute atomic E-state index is 0.232. The molecule has 0 aliphatic rings. The summed E-state index contributed by atoms with van der Waals surface area (Å²) in [7, 11) is 1.78. The van der Waals surface area contributed by atoms with Gasteiger partial charge in [0, 0.05) is 13.5 Å². The van der Waals surface area contributed by atoms with Crippen LogP contribution < -0.4 is 0 Å². The summed E-state index contributed by atoms with van der Waals surface area (Å²) in [6, 6.07) is 6.31. The van der Waals surface area contributed by atoms with Gasteiger partial charge in [-0.05, 0) is 28.1 Å². The lowest BCUT2D eigenvalue weighted by atomic mass is 10.1. The molecule has 0 unspecified atom stereocenters. The van der Waals surface area contributed by atoms with Crippen molar-refractivity contribution in [1.82, 2.24) is 20.2 Å². The van der Waals surface area contributed by atoms with E-state index in [1.54, 1.807) is 23.9 Å². The van der Waals surface area contributed by atoms with Gasteiger partial charge < -0.3 is 0 Å². The number of tetrazole rings is 1. The molecule has 0 atom stereocenters. The molecule has 72 valence electrons. The molecule has 0 saturated carbocycles. The van der Waals surface area contributed by atoms with E-state index >= 15 is 0 Å². The maximum atomic E-state index is 12.6. The zero-order chi connectivity index (χ0) is 9.97. The largest absolute Gasteiger partial charge is 0.232 e. The number of hydrogen-bond acceptors (Lipinski definition) is 3. The van der Waals surface area contributed by atoms with Gasteiger partial charge in [-0.15, -0.1) is 5.10 Å². The first kappa shape index (κ1) is 8.80. The molecule has 0 aliphatic heterocycles. The zero-order valence-corrected chi connectivity index (χ0v) is 7.68.